The van der Waals surface area contributed by atoms with Crippen LogP contribution in [0.4, 0.5) is 4.39 Å². The van der Waals surface area contributed by atoms with Gasteiger partial charge in [0.1, 0.15) is 0 Å². The van der Waals surface area contributed by atoms with E-state index in [0.29, 0.717) is 5.75 Å². The zero-order valence-corrected chi connectivity index (χ0v) is 11.2. The van der Waals surface area contributed by atoms with Crippen LogP contribution in [0.15, 0.2) is 18.2 Å². The van der Waals surface area contributed by atoms with Gasteiger partial charge in [0, 0.05) is 11.6 Å². The Kier molecular flexibility index (Phi) is 4.59. The predicted octanol–water partition coefficient (Wildman–Crippen LogP) is 3.82. The molecule has 3 heteroatoms. The third-order valence-electron chi connectivity index (χ3n) is 3.50. The number of hydrogen-bond acceptors (Lipinski definition) is 2. The zero-order valence-electron chi connectivity index (χ0n) is 11.2. The number of rotatable bonds is 6. The van der Waals surface area contributed by atoms with E-state index in [1.165, 1.54) is 12.5 Å². The number of benzene rings is 1. The Morgan fingerprint density at radius 3 is 2.83 bits per heavy atom. The van der Waals surface area contributed by atoms with Gasteiger partial charge in [-0.15, -0.1) is 0 Å². The SMILES string of the molecule is CCCNC(C)c1cccc(F)c1OC1CCC1. The molecule has 0 aliphatic heterocycles. The minimum absolute atomic E-state index is 0.121. The summed E-state index contributed by atoms with van der Waals surface area (Å²) in [5.41, 5.74) is 0.926. The molecule has 1 fully saturated rings. The first-order valence-electron chi connectivity index (χ1n) is 6.90. The lowest BCUT2D eigenvalue weighted by atomic mass is 9.96. The first-order chi connectivity index (χ1) is 8.72. The lowest BCUT2D eigenvalue weighted by Gasteiger charge is -2.28. The molecule has 100 valence electrons. The van der Waals surface area contributed by atoms with Crippen molar-refractivity contribution in [3.63, 3.8) is 0 Å². The van der Waals surface area contributed by atoms with Crippen LogP contribution in [0.5, 0.6) is 5.75 Å². The molecule has 1 saturated carbocycles. The Labute approximate surface area is 109 Å². The van der Waals surface area contributed by atoms with Crippen LogP contribution < -0.4 is 10.1 Å². The molecular formula is C15H22FNO. The van der Waals surface area contributed by atoms with Gasteiger partial charge in [-0.25, -0.2) is 4.39 Å². The van der Waals surface area contributed by atoms with Crippen LogP contribution in [0.2, 0.25) is 0 Å². The van der Waals surface area contributed by atoms with Crippen molar-refractivity contribution in [2.45, 2.75) is 51.7 Å². The summed E-state index contributed by atoms with van der Waals surface area (Å²) in [6.45, 7) is 5.11. The molecule has 2 nitrogen and oxygen atoms in total. The molecule has 18 heavy (non-hydrogen) atoms. The van der Waals surface area contributed by atoms with Crippen molar-refractivity contribution in [1.29, 1.82) is 0 Å². The van der Waals surface area contributed by atoms with Crippen molar-refractivity contribution in [2.75, 3.05) is 6.54 Å². The Balaban J connectivity index is 2.13. The fourth-order valence-electron chi connectivity index (χ4n) is 2.12. The summed E-state index contributed by atoms with van der Waals surface area (Å²) in [5.74, 6) is 0.197. The molecule has 1 atom stereocenters. The quantitative estimate of drug-likeness (QED) is 0.830. The summed E-state index contributed by atoms with van der Waals surface area (Å²) < 4.78 is 19.7. The average Bonchev–Trinajstić information content (AvgIpc) is 2.32. The minimum atomic E-state index is -0.246. The van der Waals surface area contributed by atoms with E-state index >= 15 is 0 Å². The summed E-state index contributed by atoms with van der Waals surface area (Å²) in [5, 5.41) is 3.38. The van der Waals surface area contributed by atoms with E-state index in [2.05, 4.69) is 19.2 Å². The van der Waals surface area contributed by atoms with Crippen LogP contribution in [0, 0.1) is 5.82 Å². The number of para-hydroxylation sites is 1. The molecule has 0 spiro atoms. The van der Waals surface area contributed by atoms with Crippen LogP contribution in [0.25, 0.3) is 0 Å². The average molecular weight is 251 g/mol. The van der Waals surface area contributed by atoms with E-state index in [9.17, 15) is 4.39 Å². The molecule has 1 aromatic rings. The number of nitrogens with one attached hydrogen (secondary N) is 1. The van der Waals surface area contributed by atoms with Gasteiger partial charge in [0.05, 0.1) is 6.10 Å². The second-order valence-electron chi connectivity index (χ2n) is 5.00. The van der Waals surface area contributed by atoms with Gasteiger partial charge < -0.3 is 10.1 Å². The molecule has 2 rings (SSSR count). The molecular weight excluding hydrogens is 229 g/mol. The Morgan fingerprint density at radius 1 is 1.44 bits per heavy atom. The van der Waals surface area contributed by atoms with Crippen molar-refractivity contribution in [3.05, 3.63) is 29.6 Å². The molecule has 0 radical (unpaired) electrons. The summed E-state index contributed by atoms with van der Waals surface area (Å²) in [6.07, 6.45) is 4.56. The highest BCUT2D eigenvalue weighted by atomic mass is 19.1. The maximum atomic E-state index is 13.9. The van der Waals surface area contributed by atoms with Gasteiger partial charge in [-0.1, -0.05) is 19.1 Å². The zero-order chi connectivity index (χ0) is 13.0. The molecule has 0 amide bonds. The summed E-state index contributed by atoms with van der Waals surface area (Å²) in [6, 6.07) is 5.30. The number of hydrogen-bond donors (Lipinski definition) is 1. The van der Waals surface area contributed by atoms with E-state index in [-0.39, 0.29) is 18.0 Å². The van der Waals surface area contributed by atoms with Gasteiger partial charge in [0.25, 0.3) is 0 Å². The van der Waals surface area contributed by atoms with E-state index in [4.69, 9.17) is 4.74 Å². The highest BCUT2D eigenvalue weighted by Gasteiger charge is 2.23. The molecule has 1 aliphatic carbocycles. The van der Waals surface area contributed by atoms with Crippen molar-refractivity contribution in [2.24, 2.45) is 0 Å². The van der Waals surface area contributed by atoms with Gasteiger partial charge in [0.2, 0.25) is 0 Å². The molecule has 1 aliphatic rings. The molecule has 0 aromatic heterocycles. The van der Waals surface area contributed by atoms with Gasteiger partial charge in [-0.2, -0.15) is 0 Å². The Morgan fingerprint density at radius 2 is 2.22 bits per heavy atom. The van der Waals surface area contributed by atoms with Gasteiger partial charge in [0.15, 0.2) is 11.6 Å². The predicted molar refractivity (Wildman–Crippen MR) is 71.4 cm³/mol. The third-order valence-corrected chi connectivity index (χ3v) is 3.50. The first kappa shape index (κ1) is 13.3. The van der Waals surface area contributed by atoms with Gasteiger partial charge >= 0.3 is 0 Å². The highest BCUT2D eigenvalue weighted by molar-refractivity contribution is 5.37. The molecule has 1 unspecified atom stereocenters. The molecule has 0 bridgehead atoms. The number of ether oxygens (including phenoxy) is 1. The highest BCUT2D eigenvalue weighted by Crippen LogP contribution is 2.32. The summed E-state index contributed by atoms with van der Waals surface area (Å²) in [7, 11) is 0. The standard InChI is InChI=1S/C15H22FNO/c1-3-10-17-11(2)13-8-5-9-14(16)15(13)18-12-6-4-7-12/h5,8-9,11-12,17H,3-4,6-7,10H2,1-2H3. The lowest BCUT2D eigenvalue weighted by Crippen LogP contribution is -2.27. The Bertz CT molecular complexity index is 390. The topological polar surface area (TPSA) is 21.3 Å². The monoisotopic (exact) mass is 251 g/mol. The van der Waals surface area contributed by atoms with Crippen molar-refractivity contribution in [1.82, 2.24) is 5.32 Å². The Hall–Kier alpha value is -1.09. The van der Waals surface area contributed by atoms with Crippen LogP contribution >= 0.6 is 0 Å². The second kappa shape index (κ2) is 6.19. The smallest absolute Gasteiger partial charge is 0.165 e. The molecule has 1 aromatic carbocycles. The van der Waals surface area contributed by atoms with Crippen LogP contribution in [-0.4, -0.2) is 12.6 Å². The third kappa shape index (κ3) is 3.02. The van der Waals surface area contributed by atoms with E-state index in [0.717, 1.165) is 31.4 Å². The maximum Gasteiger partial charge on any atom is 0.165 e. The first-order valence-corrected chi connectivity index (χ1v) is 6.90. The van der Waals surface area contributed by atoms with E-state index in [1.807, 2.05) is 6.07 Å². The lowest BCUT2D eigenvalue weighted by molar-refractivity contribution is 0.113. The fraction of sp³-hybridized carbons (Fsp3) is 0.600. The second-order valence-corrected chi connectivity index (χ2v) is 5.00. The fourth-order valence-corrected chi connectivity index (χ4v) is 2.12. The maximum absolute atomic E-state index is 13.9. The molecule has 1 N–H and O–H groups in total. The van der Waals surface area contributed by atoms with Gasteiger partial charge in [-0.05, 0) is 45.2 Å². The molecule has 0 saturated heterocycles. The summed E-state index contributed by atoms with van der Waals surface area (Å²) >= 11 is 0. The molecule has 0 heterocycles. The normalized spacial score (nSPS) is 17.3. The van der Waals surface area contributed by atoms with Crippen molar-refractivity contribution < 1.29 is 9.13 Å². The number of halogens is 1. The van der Waals surface area contributed by atoms with Crippen LogP contribution in [0.1, 0.15) is 51.1 Å². The van der Waals surface area contributed by atoms with Crippen LogP contribution in [0.3, 0.4) is 0 Å². The van der Waals surface area contributed by atoms with E-state index < -0.39 is 0 Å². The largest absolute Gasteiger partial charge is 0.487 e. The van der Waals surface area contributed by atoms with Crippen LogP contribution in [-0.2, 0) is 0 Å². The van der Waals surface area contributed by atoms with E-state index in [1.54, 1.807) is 6.07 Å². The van der Waals surface area contributed by atoms with Crippen molar-refractivity contribution >= 4 is 0 Å². The summed E-state index contributed by atoms with van der Waals surface area (Å²) in [4.78, 5) is 0. The minimum Gasteiger partial charge on any atom is -0.487 e. The van der Waals surface area contributed by atoms with Crippen molar-refractivity contribution in [3.8, 4) is 5.75 Å². The van der Waals surface area contributed by atoms with Gasteiger partial charge in [-0.3, -0.25) is 0 Å².